The van der Waals surface area contributed by atoms with Gasteiger partial charge < -0.3 is 20.3 Å². The first kappa shape index (κ1) is 12.5. The Hall–Kier alpha value is -1.59. The van der Waals surface area contributed by atoms with Crippen LogP contribution in [0.25, 0.3) is 0 Å². The molecule has 1 unspecified atom stereocenters. The maximum absolute atomic E-state index is 11.0. The fraction of sp³-hybridized carbons (Fsp3) is 0.364. The molecule has 0 aromatic heterocycles. The van der Waals surface area contributed by atoms with Crippen LogP contribution in [0.1, 0.15) is 0 Å². The van der Waals surface area contributed by atoms with Crippen LogP contribution in [-0.2, 0) is 9.53 Å². The Morgan fingerprint density at radius 3 is 2.62 bits per heavy atom. The zero-order chi connectivity index (χ0) is 11.8. The van der Waals surface area contributed by atoms with Crippen LogP contribution in [0, 0.1) is 0 Å². The molecule has 0 bridgehead atoms. The molecule has 1 aromatic carbocycles. The quantitative estimate of drug-likeness (QED) is 0.523. The predicted octanol–water partition coefficient (Wildman–Crippen LogP) is -0.0718. The topological polar surface area (TPSA) is 81.8 Å². The number of nitrogens with two attached hydrogens (primary N) is 1. The molecule has 0 radical (unpaired) electrons. The van der Waals surface area contributed by atoms with E-state index in [2.05, 4.69) is 0 Å². The second kappa shape index (κ2) is 6.81. The van der Waals surface area contributed by atoms with Crippen molar-refractivity contribution >= 4 is 5.97 Å². The summed E-state index contributed by atoms with van der Waals surface area (Å²) in [5.41, 5.74) is 5.24. The molecule has 5 heteroatoms. The first-order valence-electron chi connectivity index (χ1n) is 4.95. The largest absolute Gasteiger partial charge is 0.490 e. The molecule has 88 valence electrons. The molecule has 16 heavy (non-hydrogen) atoms. The molecule has 1 aromatic rings. The summed E-state index contributed by atoms with van der Waals surface area (Å²) in [5.74, 6) is 0.0872. The summed E-state index contributed by atoms with van der Waals surface area (Å²) in [6.07, 6.45) is 0. The predicted molar refractivity (Wildman–Crippen MR) is 58.0 cm³/mol. The lowest BCUT2D eigenvalue weighted by atomic mass is 10.3. The fourth-order valence-electron chi connectivity index (χ4n) is 1.00. The summed E-state index contributed by atoms with van der Waals surface area (Å²) < 4.78 is 10.1. The van der Waals surface area contributed by atoms with Crippen molar-refractivity contribution in [1.29, 1.82) is 0 Å². The van der Waals surface area contributed by atoms with Crippen molar-refractivity contribution < 1.29 is 19.4 Å². The van der Waals surface area contributed by atoms with Crippen molar-refractivity contribution in [3.63, 3.8) is 0 Å². The van der Waals surface area contributed by atoms with Gasteiger partial charge in [0.15, 0.2) is 0 Å². The van der Waals surface area contributed by atoms with Crippen LogP contribution in [0.4, 0.5) is 0 Å². The lowest BCUT2D eigenvalue weighted by Gasteiger charge is -2.09. The van der Waals surface area contributed by atoms with E-state index in [-0.39, 0.29) is 13.2 Å². The standard InChI is InChI=1S/C11H15NO4/c12-10(8-13)11(14)16-7-6-15-9-4-2-1-3-5-9/h1-5,10,13H,6-8,12H2. The van der Waals surface area contributed by atoms with Gasteiger partial charge in [-0.05, 0) is 12.1 Å². The molecule has 3 N–H and O–H groups in total. The smallest absolute Gasteiger partial charge is 0.325 e. The number of rotatable bonds is 6. The van der Waals surface area contributed by atoms with E-state index in [0.717, 1.165) is 0 Å². The summed E-state index contributed by atoms with van der Waals surface area (Å²) in [4.78, 5) is 11.0. The van der Waals surface area contributed by atoms with Crippen LogP contribution in [0.15, 0.2) is 30.3 Å². The van der Waals surface area contributed by atoms with E-state index in [1.165, 1.54) is 0 Å². The van der Waals surface area contributed by atoms with Gasteiger partial charge in [-0.2, -0.15) is 0 Å². The number of aliphatic hydroxyl groups excluding tert-OH is 1. The van der Waals surface area contributed by atoms with Gasteiger partial charge in [0.25, 0.3) is 0 Å². The Morgan fingerprint density at radius 1 is 1.31 bits per heavy atom. The van der Waals surface area contributed by atoms with Crippen LogP contribution < -0.4 is 10.5 Å². The van der Waals surface area contributed by atoms with Crippen molar-refractivity contribution in [2.75, 3.05) is 19.8 Å². The normalized spacial score (nSPS) is 11.9. The number of carbonyl (C=O) groups is 1. The summed E-state index contributed by atoms with van der Waals surface area (Å²) in [7, 11) is 0. The average molecular weight is 225 g/mol. The highest BCUT2D eigenvalue weighted by atomic mass is 16.6. The van der Waals surface area contributed by atoms with Gasteiger partial charge in [0.05, 0.1) is 6.61 Å². The number of hydrogen-bond acceptors (Lipinski definition) is 5. The summed E-state index contributed by atoms with van der Waals surface area (Å²) in [6.45, 7) is -0.0479. The molecule has 1 rings (SSSR count). The Morgan fingerprint density at radius 2 is 2.00 bits per heavy atom. The Balaban J connectivity index is 2.15. The number of carbonyl (C=O) groups excluding carboxylic acids is 1. The molecule has 0 aliphatic rings. The number of ether oxygens (including phenoxy) is 2. The second-order valence-corrected chi connectivity index (χ2v) is 3.12. The van der Waals surface area contributed by atoms with Gasteiger partial charge >= 0.3 is 5.97 Å². The van der Waals surface area contributed by atoms with E-state index in [4.69, 9.17) is 20.3 Å². The number of esters is 1. The average Bonchev–Trinajstić information content (AvgIpc) is 2.34. The third-order valence-electron chi connectivity index (χ3n) is 1.84. The van der Waals surface area contributed by atoms with Crippen molar-refractivity contribution in [3.8, 4) is 5.75 Å². The highest BCUT2D eigenvalue weighted by Crippen LogP contribution is 2.07. The first-order valence-corrected chi connectivity index (χ1v) is 4.95. The van der Waals surface area contributed by atoms with E-state index in [9.17, 15) is 4.79 Å². The molecule has 5 nitrogen and oxygen atoms in total. The third-order valence-corrected chi connectivity index (χ3v) is 1.84. The molecule has 1 atom stereocenters. The zero-order valence-electron chi connectivity index (χ0n) is 8.83. The van der Waals surface area contributed by atoms with Crippen LogP contribution >= 0.6 is 0 Å². The number of benzene rings is 1. The van der Waals surface area contributed by atoms with E-state index < -0.39 is 18.6 Å². The molecule has 0 fully saturated rings. The van der Waals surface area contributed by atoms with Gasteiger partial charge in [-0.3, -0.25) is 4.79 Å². The van der Waals surface area contributed by atoms with Gasteiger partial charge in [0, 0.05) is 0 Å². The van der Waals surface area contributed by atoms with Gasteiger partial charge in [0.1, 0.15) is 25.0 Å². The Labute approximate surface area is 93.8 Å². The summed E-state index contributed by atoms with van der Waals surface area (Å²) >= 11 is 0. The molecular weight excluding hydrogens is 210 g/mol. The number of aliphatic hydroxyl groups is 1. The van der Waals surface area contributed by atoms with Gasteiger partial charge in [-0.1, -0.05) is 18.2 Å². The van der Waals surface area contributed by atoms with Crippen molar-refractivity contribution in [3.05, 3.63) is 30.3 Å². The molecule has 0 aliphatic heterocycles. The molecule has 0 amide bonds. The third kappa shape index (κ3) is 4.29. The zero-order valence-corrected chi connectivity index (χ0v) is 8.83. The van der Waals surface area contributed by atoms with Crippen LogP contribution in [0.2, 0.25) is 0 Å². The maximum Gasteiger partial charge on any atom is 0.325 e. The monoisotopic (exact) mass is 225 g/mol. The molecule has 0 saturated heterocycles. The van der Waals surface area contributed by atoms with E-state index >= 15 is 0 Å². The van der Waals surface area contributed by atoms with Crippen molar-refractivity contribution in [2.45, 2.75) is 6.04 Å². The molecule has 0 saturated carbocycles. The van der Waals surface area contributed by atoms with Gasteiger partial charge in [0.2, 0.25) is 0 Å². The van der Waals surface area contributed by atoms with Crippen molar-refractivity contribution in [2.24, 2.45) is 5.73 Å². The minimum Gasteiger partial charge on any atom is -0.490 e. The second-order valence-electron chi connectivity index (χ2n) is 3.12. The minimum atomic E-state index is -0.975. The van der Waals surface area contributed by atoms with E-state index in [1.807, 2.05) is 18.2 Å². The molecule has 0 aliphatic carbocycles. The van der Waals surface area contributed by atoms with E-state index in [0.29, 0.717) is 5.75 Å². The molecule has 0 spiro atoms. The Kier molecular flexibility index (Phi) is 5.31. The fourth-order valence-corrected chi connectivity index (χ4v) is 1.00. The number of para-hydroxylation sites is 1. The minimum absolute atomic E-state index is 0.113. The van der Waals surface area contributed by atoms with Crippen LogP contribution in [0.5, 0.6) is 5.75 Å². The maximum atomic E-state index is 11.0. The first-order chi connectivity index (χ1) is 7.74. The molecular formula is C11H15NO4. The number of hydrogen-bond donors (Lipinski definition) is 2. The van der Waals surface area contributed by atoms with Gasteiger partial charge in [-0.25, -0.2) is 0 Å². The van der Waals surface area contributed by atoms with E-state index in [1.54, 1.807) is 12.1 Å². The highest BCUT2D eigenvalue weighted by Gasteiger charge is 2.12. The van der Waals surface area contributed by atoms with Crippen LogP contribution in [0.3, 0.4) is 0 Å². The summed E-state index contributed by atoms with van der Waals surface area (Å²) in [6, 6.07) is 8.22. The van der Waals surface area contributed by atoms with Gasteiger partial charge in [-0.15, -0.1) is 0 Å². The SMILES string of the molecule is NC(CO)C(=O)OCCOc1ccccc1. The Bertz CT molecular complexity index is 315. The molecule has 0 heterocycles. The summed E-state index contributed by atoms with van der Waals surface area (Å²) in [5, 5.41) is 8.58. The van der Waals surface area contributed by atoms with Crippen LogP contribution in [-0.4, -0.2) is 36.9 Å². The highest BCUT2D eigenvalue weighted by molar-refractivity contribution is 5.75. The van der Waals surface area contributed by atoms with Crippen molar-refractivity contribution in [1.82, 2.24) is 0 Å². The lowest BCUT2D eigenvalue weighted by molar-refractivity contribution is -0.146. The lowest BCUT2D eigenvalue weighted by Crippen LogP contribution is -2.36.